The molecule has 1 saturated carbocycles. The molecule has 0 bridgehead atoms. The number of rotatable bonds is 5. The van der Waals surface area contributed by atoms with Gasteiger partial charge >= 0.3 is 0 Å². The Hall–Kier alpha value is -0.0800. The lowest BCUT2D eigenvalue weighted by Gasteiger charge is -2.37. The SMILES string of the molecule is CCCC1CC(NC)CN(CC2CC2)C1. The normalized spacial score (nSPS) is 33.2. The van der Waals surface area contributed by atoms with Gasteiger partial charge in [0.25, 0.3) is 0 Å². The Bertz CT molecular complexity index is 189. The van der Waals surface area contributed by atoms with Gasteiger partial charge in [-0.05, 0) is 44.6 Å². The minimum atomic E-state index is 0.744. The van der Waals surface area contributed by atoms with E-state index in [1.54, 1.807) is 0 Å². The Kier molecular flexibility index (Phi) is 4.04. The summed E-state index contributed by atoms with van der Waals surface area (Å²) in [7, 11) is 2.12. The summed E-state index contributed by atoms with van der Waals surface area (Å²) < 4.78 is 0. The Labute approximate surface area is 94.4 Å². The van der Waals surface area contributed by atoms with Crippen molar-refractivity contribution in [2.75, 3.05) is 26.7 Å². The number of hydrogen-bond acceptors (Lipinski definition) is 2. The summed E-state index contributed by atoms with van der Waals surface area (Å²) in [4.78, 5) is 2.71. The summed E-state index contributed by atoms with van der Waals surface area (Å²) >= 11 is 0. The molecule has 0 spiro atoms. The number of piperidine rings is 1. The minimum Gasteiger partial charge on any atom is -0.316 e. The number of nitrogens with zero attached hydrogens (tertiary/aromatic N) is 1. The van der Waals surface area contributed by atoms with E-state index < -0.39 is 0 Å². The molecule has 1 heterocycles. The van der Waals surface area contributed by atoms with Crippen molar-refractivity contribution < 1.29 is 0 Å². The van der Waals surface area contributed by atoms with Gasteiger partial charge in [-0.2, -0.15) is 0 Å². The molecule has 1 N–H and O–H groups in total. The van der Waals surface area contributed by atoms with Crippen LogP contribution in [-0.4, -0.2) is 37.6 Å². The van der Waals surface area contributed by atoms with Gasteiger partial charge in [0.15, 0.2) is 0 Å². The van der Waals surface area contributed by atoms with Gasteiger partial charge in [0.05, 0.1) is 0 Å². The summed E-state index contributed by atoms with van der Waals surface area (Å²) in [5, 5.41) is 3.47. The van der Waals surface area contributed by atoms with E-state index in [-0.39, 0.29) is 0 Å². The average Bonchev–Trinajstić information content (AvgIpc) is 3.02. The lowest BCUT2D eigenvalue weighted by atomic mass is 9.90. The van der Waals surface area contributed by atoms with Crippen LogP contribution in [0.2, 0.25) is 0 Å². The molecule has 2 atom stereocenters. The maximum atomic E-state index is 3.47. The predicted octanol–water partition coefficient (Wildman–Crippen LogP) is 2.11. The zero-order valence-electron chi connectivity index (χ0n) is 10.3. The van der Waals surface area contributed by atoms with Crippen LogP contribution in [0.15, 0.2) is 0 Å². The third-order valence-corrected chi connectivity index (χ3v) is 3.93. The van der Waals surface area contributed by atoms with Crippen molar-refractivity contribution in [3.8, 4) is 0 Å². The Morgan fingerprint density at radius 3 is 2.60 bits per heavy atom. The van der Waals surface area contributed by atoms with Crippen molar-refractivity contribution in [1.29, 1.82) is 0 Å². The summed E-state index contributed by atoms with van der Waals surface area (Å²) in [5.74, 6) is 1.99. The molecule has 2 rings (SSSR count). The van der Waals surface area contributed by atoms with Crippen molar-refractivity contribution >= 4 is 0 Å². The van der Waals surface area contributed by atoms with Crippen LogP contribution in [-0.2, 0) is 0 Å². The largest absolute Gasteiger partial charge is 0.316 e. The smallest absolute Gasteiger partial charge is 0.0195 e. The van der Waals surface area contributed by atoms with E-state index in [2.05, 4.69) is 24.2 Å². The standard InChI is InChI=1S/C13H26N2/c1-3-4-12-7-13(14-2)10-15(9-12)8-11-5-6-11/h11-14H,3-10H2,1-2H3. The van der Waals surface area contributed by atoms with Gasteiger partial charge in [0, 0.05) is 25.7 Å². The maximum Gasteiger partial charge on any atom is 0.0195 e. The highest BCUT2D eigenvalue weighted by Crippen LogP contribution is 2.31. The van der Waals surface area contributed by atoms with Crippen molar-refractivity contribution in [2.24, 2.45) is 11.8 Å². The van der Waals surface area contributed by atoms with Crippen molar-refractivity contribution in [2.45, 2.75) is 45.1 Å². The Morgan fingerprint density at radius 1 is 1.20 bits per heavy atom. The first-order valence-corrected chi connectivity index (χ1v) is 6.71. The molecular weight excluding hydrogens is 184 g/mol. The monoisotopic (exact) mass is 210 g/mol. The summed E-state index contributed by atoms with van der Waals surface area (Å²) in [5.41, 5.74) is 0. The van der Waals surface area contributed by atoms with Gasteiger partial charge in [-0.3, -0.25) is 0 Å². The molecule has 0 radical (unpaired) electrons. The van der Waals surface area contributed by atoms with Gasteiger partial charge in [-0.1, -0.05) is 13.3 Å². The highest BCUT2D eigenvalue weighted by molar-refractivity contribution is 4.86. The molecule has 1 aliphatic carbocycles. The van der Waals surface area contributed by atoms with E-state index in [4.69, 9.17) is 0 Å². The van der Waals surface area contributed by atoms with Gasteiger partial charge < -0.3 is 10.2 Å². The number of likely N-dealkylation sites (N-methyl/N-ethyl adjacent to an activating group) is 1. The molecule has 0 aromatic heterocycles. The molecule has 2 heteroatoms. The molecule has 2 unspecified atom stereocenters. The topological polar surface area (TPSA) is 15.3 Å². The van der Waals surface area contributed by atoms with Crippen molar-refractivity contribution in [3.63, 3.8) is 0 Å². The van der Waals surface area contributed by atoms with Crippen molar-refractivity contribution in [1.82, 2.24) is 10.2 Å². The first kappa shape index (κ1) is 11.4. The average molecular weight is 210 g/mol. The molecule has 1 aliphatic heterocycles. The van der Waals surface area contributed by atoms with E-state index in [0.717, 1.165) is 17.9 Å². The highest BCUT2D eigenvalue weighted by atomic mass is 15.2. The van der Waals surface area contributed by atoms with Crippen molar-refractivity contribution in [3.05, 3.63) is 0 Å². The van der Waals surface area contributed by atoms with Crippen LogP contribution in [0.1, 0.15) is 39.0 Å². The first-order valence-electron chi connectivity index (χ1n) is 6.71. The molecule has 1 saturated heterocycles. The quantitative estimate of drug-likeness (QED) is 0.747. The van der Waals surface area contributed by atoms with E-state index >= 15 is 0 Å². The molecule has 2 aliphatic rings. The lowest BCUT2D eigenvalue weighted by Crippen LogP contribution is -2.48. The Morgan fingerprint density at radius 2 is 2.00 bits per heavy atom. The lowest BCUT2D eigenvalue weighted by molar-refractivity contribution is 0.134. The zero-order valence-corrected chi connectivity index (χ0v) is 10.3. The molecule has 0 aromatic carbocycles. The Balaban J connectivity index is 1.81. The number of nitrogens with one attached hydrogen (secondary N) is 1. The van der Waals surface area contributed by atoms with Crippen LogP contribution in [0, 0.1) is 11.8 Å². The first-order chi connectivity index (χ1) is 7.31. The second-order valence-corrected chi connectivity index (χ2v) is 5.54. The fourth-order valence-electron chi connectivity index (χ4n) is 2.94. The third kappa shape index (κ3) is 3.46. The van der Waals surface area contributed by atoms with Crippen LogP contribution in [0.3, 0.4) is 0 Å². The van der Waals surface area contributed by atoms with Crippen LogP contribution in [0.4, 0.5) is 0 Å². The summed E-state index contributed by atoms with van der Waals surface area (Å²) in [6.07, 6.45) is 7.13. The minimum absolute atomic E-state index is 0.744. The van der Waals surface area contributed by atoms with E-state index in [1.807, 2.05) is 0 Å². The van der Waals surface area contributed by atoms with Crippen LogP contribution >= 0.6 is 0 Å². The van der Waals surface area contributed by atoms with Gasteiger partial charge in [0.2, 0.25) is 0 Å². The van der Waals surface area contributed by atoms with E-state index in [1.165, 1.54) is 51.7 Å². The van der Waals surface area contributed by atoms with E-state index in [0.29, 0.717) is 0 Å². The fourth-order valence-corrected chi connectivity index (χ4v) is 2.94. The van der Waals surface area contributed by atoms with E-state index in [9.17, 15) is 0 Å². The third-order valence-electron chi connectivity index (χ3n) is 3.93. The van der Waals surface area contributed by atoms with Gasteiger partial charge in [0.1, 0.15) is 0 Å². The molecule has 88 valence electrons. The van der Waals surface area contributed by atoms with Gasteiger partial charge in [-0.25, -0.2) is 0 Å². The van der Waals surface area contributed by atoms with Crippen LogP contribution in [0.5, 0.6) is 0 Å². The molecule has 2 fully saturated rings. The number of hydrogen-bond donors (Lipinski definition) is 1. The number of likely N-dealkylation sites (tertiary alicyclic amines) is 1. The molecular formula is C13H26N2. The molecule has 0 amide bonds. The fraction of sp³-hybridized carbons (Fsp3) is 1.00. The second kappa shape index (κ2) is 5.31. The van der Waals surface area contributed by atoms with Crippen LogP contribution < -0.4 is 5.32 Å². The van der Waals surface area contributed by atoms with Gasteiger partial charge in [-0.15, -0.1) is 0 Å². The molecule has 2 nitrogen and oxygen atoms in total. The maximum absolute atomic E-state index is 3.47. The summed E-state index contributed by atoms with van der Waals surface area (Å²) in [6.45, 7) is 6.34. The zero-order chi connectivity index (χ0) is 10.7. The predicted molar refractivity (Wildman–Crippen MR) is 65.0 cm³/mol. The van der Waals surface area contributed by atoms with Crippen LogP contribution in [0.25, 0.3) is 0 Å². The second-order valence-electron chi connectivity index (χ2n) is 5.54. The molecule has 0 aromatic rings. The highest BCUT2D eigenvalue weighted by Gasteiger charge is 2.30. The summed E-state index contributed by atoms with van der Waals surface area (Å²) in [6, 6.07) is 0.744. The molecule has 15 heavy (non-hydrogen) atoms.